The number of hydrogen-bond donors (Lipinski definition) is 2. The number of nitrogens with two attached hydrogens (primary N) is 1. The van der Waals surface area contributed by atoms with Crippen molar-refractivity contribution in [1.29, 1.82) is 0 Å². The normalized spacial score (nSPS) is 14.1. The molecule has 0 aromatic rings. The molecule has 0 aromatic carbocycles. The van der Waals surface area contributed by atoms with Gasteiger partial charge in [-0.2, -0.15) is 0 Å². The Kier molecular flexibility index (Phi) is 7.89. The van der Waals surface area contributed by atoms with Crippen LogP contribution >= 0.6 is 0 Å². The van der Waals surface area contributed by atoms with E-state index in [2.05, 4.69) is 4.72 Å². The van der Waals surface area contributed by atoms with Gasteiger partial charge in [-0.1, -0.05) is 0 Å². The molecule has 3 N–H and O–H groups in total. The Labute approximate surface area is 91.2 Å². The summed E-state index contributed by atoms with van der Waals surface area (Å²) in [4.78, 5) is 0. The highest BCUT2D eigenvalue weighted by molar-refractivity contribution is 7.89. The van der Waals surface area contributed by atoms with Crippen LogP contribution in [0.3, 0.4) is 0 Å². The maximum atomic E-state index is 11.4. The molecule has 1 atom stereocenters. The SMILES string of the molecule is CCOCCS(=O)(=O)NC(CN)COC. The molecule has 7 heteroatoms. The van der Waals surface area contributed by atoms with Crippen molar-refractivity contribution in [2.75, 3.05) is 39.2 Å². The Morgan fingerprint density at radius 3 is 2.60 bits per heavy atom. The monoisotopic (exact) mass is 240 g/mol. The molecule has 0 fully saturated rings. The molecular formula is C8H20N2O4S. The van der Waals surface area contributed by atoms with Gasteiger partial charge in [-0.3, -0.25) is 0 Å². The Hall–Kier alpha value is -0.210. The van der Waals surface area contributed by atoms with E-state index in [-0.39, 0.29) is 31.6 Å². The zero-order chi connectivity index (χ0) is 11.7. The van der Waals surface area contributed by atoms with Crippen LogP contribution in [0.4, 0.5) is 0 Å². The van der Waals surface area contributed by atoms with Gasteiger partial charge in [-0.15, -0.1) is 0 Å². The predicted molar refractivity (Wildman–Crippen MR) is 58.1 cm³/mol. The van der Waals surface area contributed by atoms with Crippen molar-refractivity contribution in [2.24, 2.45) is 5.73 Å². The molecule has 92 valence electrons. The molecule has 6 nitrogen and oxygen atoms in total. The lowest BCUT2D eigenvalue weighted by Gasteiger charge is -2.15. The molecule has 0 spiro atoms. The minimum atomic E-state index is -3.32. The number of rotatable bonds is 9. The minimum Gasteiger partial charge on any atom is -0.383 e. The molecule has 0 aliphatic rings. The highest BCUT2D eigenvalue weighted by Gasteiger charge is 2.16. The van der Waals surface area contributed by atoms with Gasteiger partial charge in [0.15, 0.2) is 0 Å². The van der Waals surface area contributed by atoms with Crippen molar-refractivity contribution in [1.82, 2.24) is 4.72 Å². The summed E-state index contributed by atoms with van der Waals surface area (Å²) in [5.74, 6) is -0.0545. The van der Waals surface area contributed by atoms with E-state index in [1.54, 1.807) is 0 Å². The van der Waals surface area contributed by atoms with Crippen molar-refractivity contribution >= 4 is 10.0 Å². The van der Waals surface area contributed by atoms with Crippen molar-refractivity contribution in [2.45, 2.75) is 13.0 Å². The van der Waals surface area contributed by atoms with Crippen LogP contribution < -0.4 is 10.5 Å². The first-order valence-corrected chi connectivity index (χ1v) is 6.47. The van der Waals surface area contributed by atoms with Crippen LogP contribution in [0.25, 0.3) is 0 Å². The van der Waals surface area contributed by atoms with E-state index in [9.17, 15) is 8.42 Å². The van der Waals surface area contributed by atoms with Gasteiger partial charge < -0.3 is 15.2 Å². The summed E-state index contributed by atoms with van der Waals surface area (Å²) < 4.78 is 35.1. The van der Waals surface area contributed by atoms with Gasteiger partial charge in [0.2, 0.25) is 10.0 Å². The lowest BCUT2D eigenvalue weighted by molar-refractivity contribution is 0.162. The molecule has 15 heavy (non-hydrogen) atoms. The molecular weight excluding hydrogens is 220 g/mol. The van der Waals surface area contributed by atoms with Gasteiger partial charge in [0, 0.05) is 20.3 Å². The quantitative estimate of drug-likeness (QED) is 0.500. The largest absolute Gasteiger partial charge is 0.383 e. The van der Waals surface area contributed by atoms with Crippen LogP contribution in [0.2, 0.25) is 0 Å². The second-order valence-corrected chi connectivity index (χ2v) is 4.90. The van der Waals surface area contributed by atoms with E-state index in [1.807, 2.05) is 6.92 Å². The van der Waals surface area contributed by atoms with E-state index < -0.39 is 10.0 Å². The first-order chi connectivity index (χ1) is 7.05. The summed E-state index contributed by atoms with van der Waals surface area (Å²) in [5.41, 5.74) is 5.38. The molecule has 0 amide bonds. The molecule has 1 unspecified atom stereocenters. The van der Waals surface area contributed by atoms with Crippen LogP contribution in [0, 0.1) is 0 Å². The standard InChI is InChI=1S/C8H20N2O4S/c1-3-14-4-5-15(11,12)10-8(6-9)7-13-2/h8,10H,3-7,9H2,1-2H3. The summed E-state index contributed by atoms with van der Waals surface area (Å²) >= 11 is 0. The van der Waals surface area contributed by atoms with E-state index in [4.69, 9.17) is 15.2 Å². The van der Waals surface area contributed by atoms with Crippen molar-refractivity contribution in [3.63, 3.8) is 0 Å². The van der Waals surface area contributed by atoms with Crippen LogP contribution in [-0.2, 0) is 19.5 Å². The summed E-state index contributed by atoms with van der Waals surface area (Å²) in [5, 5.41) is 0. The summed E-state index contributed by atoms with van der Waals surface area (Å²) in [6, 6.07) is -0.373. The van der Waals surface area contributed by atoms with E-state index >= 15 is 0 Å². The minimum absolute atomic E-state index is 0.0545. The fourth-order valence-electron chi connectivity index (χ4n) is 0.977. The number of sulfonamides is 1. The van der Waals surface area contributed by atoms with Gasteiger partial charge >= 0.3 is 0 Å². The van der Waals surface area contributed by atoms with Gasteiger partial charge in [-0.05, 0) is 6.92 Å². The average molecular weight is 240 g/mol. The van der Waals surface area contributed by atoms with Gasteiger partial charge in [0.1, 0.15) is 0 Å². The second kappa shape index (κ2) is 8.00. The average Bonchev–Trinajstić information content (AvgIpc) is 2.17. The van der Waals surface area contributed by atoms with E-state index in [1.165, 1.54) is 7.11 Å². The third-order valence-corrected chi connectivity index (χ3v) is 3.10. The molecule has 0 aromatic heterocycles. The molecule has 0 aliphatic heterocycles. The van der Waals surface area contributed by atoms with Crippen molar-refractivity contribution in [3.8, 4) is 0 Å². The highest BCUT2D eigenvalue weighted by Crippen LogP contribution is 1.91. The smallest absolute Gasteiger partial charge is 0.214 e. The molecule has 0 saturated heterocycles. The first kappa shape index (κ1) is 14.8. The van der Waals surface area contributed by atoms with Gasteiger partial charge in [0.25, 0.3) is 0 Å². The molecule has 0 radical (unpaired) electrons. The summed E-state index contributed by atoms with van der Waals surface area (Å²) in [6.45, 7) is 2.99. The predicted octanol–water partition coefficient (Wildman–Crippen LogP) is -1.08. The fourth-order valence-corrected chi connectivity index (χ4v) is 2.10. The summed E-state index contributed by atoms with van der Waals surface area (Å²) in [6.07, 6.45) is 0. The Morgan fingerprint density at radius 2 is 2.13 bits per heavy atom. The Balaban J connectivity index is 3.99. The van der Waals surface area contributed by atoms with Crippen LogP contribution in [-0.4, -0.2) is 53.7 Å². The zero-order valence-electron chi connectivity index (χ0n) is 9.23. The van der Waals surface area contributed by atoms with Crippen LogP contribution in [0.1, 0.15) is 6.92 Å². The molecule has 0 aliphatic carbocycles. The Morgan fingerprint density at radius 1 is 1.47 bits per heavy atom. The maximum absolute atomic E-state index is 11.4. The lowest BCUT2D eigenvalue weighted by Crippen LogP contribution is -2.44. The number of nitrogens with one attached hydrogen (secondary N) is 1. The second-order valence-electron chi connectivity index (χ2n) is 3.02. The zero-order valence-corrected chi connectivity index (χ0v) is 10.0. The molecule has 0 rings (SSSR count). The van der Waals surface area contributed by atoms with Crippen LogP contribution in [0.5, 0.6) is 0 Å². The number of methoxy groups -OCH3 is 1. The summed E-state index contributed by atoms with van der Waals surface area (Å²) in [7, 11) is -1.83. The molecule has 0 saturated carbocycles. The van der Waals surface area contributed by atoms with Crippen LogP contribution in [0.15, 0.2) is 0 Å². The third kappa shape index (κ3) is 7.69. The first-order valence-electron chi connectivity index (χ1n) is 4.82. The number of hydrogen-bond acceptors (Lipinski definition) is 5. The number of ether oxygens (including phenoxy) is 2. The maximum Gasteiger partial charge on any atom is 0.214 e. The lowest BCUT2D eigenvalue weighted by atomic mass is 10.3. The van der Waals surface area contributed by atoms with Gasteiger partial charge in [-0.25, -0.2) is 13.1 Å². The molecule has 0 bridgehead atoms. The highest BCUT2D eigenvalue weighted by atomic mass is 32.2. The molecule has 0 heterocycles. The third-order valence-electron chi connectivity index (χ3n) is 1.70. The topological polar surface area (TPSA) is 90.7 Å². The van der Waals surface area contributed by atoms with Crippen molar-refractivity contribution in [3.05, 3.63) is 0 Å². The van der Waals surface area contributed by atoms with Gasteiger partial charge in [0.05, 0.1) is 25.0 Å². The Bertz CT molecular complexity index is 243. The van der Waals surface area contributed by atoms with Crippen molar-refractivity contribution < 1.29 is 17.9 Å². The van der Waals surface area contributed by atoms with E-state index in [0.29, 0.717) is 6.61 Å². The van der Waals surface area contributed by atoms with E-state index in [0.717, 1.165) is 0 Å². The fraction of sp³-hybridized carbons (Fsp3) is 1.00.